The summed E-state index contributed by atoms with van der Waals surface area (Å²) in [5.41, 5.74) is 2.41. The Balaban J connectivity index is 1.65. The molecule has 2 aromatic rings. The third-order valence-corrected chi connectivity index (χ3v) is 3.94. The van der Waals surface area contributed by atoms with E-state index in [2.05, 4.69) is 15.7 Å². The number of nitrogens with zero attached hydrogens (tertiary/aromatic N) is 2. The molecule has 1 amide bonds. The minimum atomic E-state index is -0.0427. The number of carbonyl (C=O) groups is 1. The molecule has 1 saturated heterocycles. The summed E-state index contributed by atoms with van der Waals surface area (Å²) in [7, 11) is 1.87. The maximum Gasteiger partial charge on any atom is 0.251 e. The molecule has 0 bridgehead atoms. The van der Waals surface area contributed by atoms with Crippen LogP contribution in [0.25, 0.3) is 0 Å². The second-order valence-electron chi connectivity index (χ2n) is 5.98. The standard InChI is InChI=1S/C17H22N4O2/c1-12-8-15(6-7-23-12)20-17(22)13-4-3-5-14(9-13)19-16-10-18-21(2)11-16/h3-5,9-12,15,19H,6-8H2,1-2H3,(H,20,22)/t12-,15-/m0/s1. The summed E-state index contributed by atoms with van der Waals surface area (Å²) in [6, 6.07) is 7.67. The molecule has 3 rings (SSSR count). The van der Waals surface area contributed by atoms with Gasteiger partial charge in [0.2, 0.25) is 0 Å². The fourth-order valence-corrected chi connectivity index (χ4v) is 2.79. The highest BCUT2D eigenvalue weighted by Gasteiger charge is 2.21. The fourth-order valence-electron chi connectivity index (χ4n) is 2.79. The lowest BCUT2D eigenvalue weighted by molar-refractivity contribution is 0.0136. The van der Waals surface area contributed by atoms with Gasteiger partial charge in [0.1, 0.15) is 0 Å². The smallest absolute Gasteiger partial charge is 0.251 e. The summed E-state index contributed by atoms with van der Waals surface area (Å²) in [5.74, 6) is -0.0427. The number of benzene rings is 1. The van der Waals surface area contributed by atoms with Gasteiger partial charge in [0.05, 0.1) is 18.0 Å². The Morgan fingerprint density at radius 3 is 3.00 bits per heavy atom. The largest absolute Gasteiger partial charge is 0.378 e. The molecule has 122 valence electrons. The molecule has 1 aromatic heterocycles. The third-order valence-electron chi connectivity index (χ3n) is 3.94. The highest BCUT2D eigenvalue weighted by molar-refractivity contribution is 5.95. The average molecular weight is 314 g/mol. The first-order chi connectivity index (χ1) is 11.1. The molecular weight excluding hydrogens is 292 g/mol. The van der Waals surface area contributed by atoms with Gasteiger partial charge < -0.3 is 15.4 Å². The Bertz CT molecular complexity index is 683. The van der Waals surface area contributed by atoms with Crippen molar-refractivity contribution < 1.29 is 9.53 Å². The maximum absolute atomic E-state index is 12.4. The van der Waals surface area contributed by atoms with Crippen LogP contribution in [0.5, 0.6) is 0 Å². The highest BCUT2D eigenvalue weighted by atomic mass is 16.5. The van der Waals surface area contributed by atoms with Crippen molar-refractivity contribution in [2.45, 2.75) is 31.9 Å². The predicted molar refractivity (Wildman–Crippen MR) is 88.8 cm³/mol. The number of amides is 1. The van der Waals surface area contributed by atoms with Crippen molar-refractivity contribution in [2.75, 3.05) is 11.9 Å². The van der Waals surface area contributed by atoms with E-state index in [0.717, 1.165) is 24.2 Å². The van der Waals surface area contributed by atoms with Gasteiger partial charge in [-0.2, -0.15) is 5.10 Å². The number of anilines is 2. The zero-order valence-corrected chi connectivity index (χ0v) is 13.5. The Kier molecular flexibility index (Phi) is 4.62. The van der Waals surface area contributed by atoms with Gasteiger partial charge >= 0.3 is 0 Å². The van der Waals surface area contributed by atoms with Crippen LogP contribution < -0.4 is 10.6 Å². The average Bonchev–Trinajstić information content (AvgIpc) is 2.92. The van der Waals surface area contributed by atoms with Crippen LogP contribution in [-0.4, -0.2) is 34.4 Å². The van der Waals surface area contributed by atoms with E-state index < -0.39 is 0 Å². The second-order valence-corrected chi connectivity index (χ2v) is 5.98. The summed E-state index contributed by atoms with van der Waals surface area (Å²) < 4.78 is 7.24. The molecule has 2 heterocycles. The van der Waals surface area contributed by atoms with E-state index in [1.165, 1.54) is 0 Å². The number of rotatable bonds is 4. The maximum atomic E-state index is 12.4. The number of carbonyl (C=O) groups excluding carboxylic acids is 1. The van der Waals surface area contributed by atoms with Gasteiger partial charge in [-0.05, 0) is 38.0 Å². The molecular formula is C17H22N4O2. The summed E-state index contributed by atoms with van der Waals surface area (Å²) in [5, 5.41) is 10.5. The molecule has 0 spiro atoms. The van der Waals surface area contributed by atoms with Crippen molar-refractivity contribution in [3.8, 4) is 0 Å². The van der Waals surface area contributed by atoms with E-state index >= 15 is 0 Å². The van der Waals surface area contributed by atoms with Gasteiger partial charge in [-0.25, -0.2) is 0 Å². The van der Waals surface area contributed by atoms with Crippen molar-refractivity contribution in [1.29, 1.82) is 0 Å². The normalized spacial score (nSPS) is 21.0. The first kappa shape index (κ1) is 15.6. The van der Waals surface area contributed by atoms with Crippen LogP contribution in [0, 0.1) is 0 Å². The summed E-state index contributed by atoms with van der Waals surface area (Å²) in [6.45, 7) is 2.74. The molecule has 2 N–H and O–H groups in total. The summed E-state index contributed by atoms with van der Waals surface area (Å²) in [4.78, 5) is 12.4. The molecule has 1 fully saturated rings. The van der Waals surface area contributed by atoms with E-state index in [1.807, 2.05) is 44.4 Å². The van der Waals surface area contributed by atoms with Crippen LogP contribution in [0.4, 0.5) is 11.4 Å². The quantitative estimate of drug-likeness (QED) is 0.909. The summed E-state index contributed by atoms with van der Waals surface area (Å²) in [6.07, 6.45) is 5.56. The summed E-state index contributed by atoms with van der Waals surface area (Å²) >= 11 is 0. The SMILES string of the molecule is C[C@H]1C[C@@H](NC(=O)c2cccc(Nc3cnn(C)c3)c2)CCO1. The Hall–Kier alpha value is -2.34. The van der Waals surface area contributed by atoms with Crippen LogP contribution in [-0.2, 0) is 11.8 Å². The Labute approximate surface area is 135 Å². The molecule has 6 heteroatoms. The van der Waals surface area contributed by atoms with Gasteiger partial charge in [0, 0.05) is 37.1 Å². The zero-order chi connectivity index (χ0) is 16.2. The van der Waals surface area contributed by atoms with Crippen molar-refractivity contribution in [3.05, 3.63) is 42.2 Å². The first-order valence-corrected chi connectivity index (χ1v) is 7.88. The van der Waals surface area contributed by atoms with E-state index in [1.54, 1.807) is 10.9 Å². The minimum absolute atomic E-state index is 0.0427. The number of hydrogen-bond donors (Lipinski definition) is 2. The van der Waals surface area contributed by atoms with Crippen LogP contribution >= 0.6 is 0 Å². The lowest BCUT2D eigenvalue weighted by atomic mass is 10.0. The lowest BCUT2D eigenvalue weighted by Crippen LogP contribution is -2.41. The third kappa shape index (κ3) is 4.10. The van der Waals surface area contributed by atoms with Crippen molar-refractivity contribution in [1.82, 2.24) is 15.1 Å². The van der Waals surface area contributed by atoms with Gasteiger partial charge in [-0.1, -0.05) is 6.07 Å². The molecule has 0 saturated carbocycles. The van der Waals surface area contributed by atoms with Gasteiger partial charge in [0.15, 0.2) is 0 Å². The first-order valence-electron chi connectivity index (χ1n) is 7.88. The van der Waals surface area contributed by atoms with Crippen LogP contribution in [0.15, 0.2) is 36.7 Å². The number of nitrogens with one attached hydrogen (secondary N) is 2. The molecule has 1 aromatic carbocycles. The zero-order valence-electron chi connectivity index (χ0n) is 13.5. The predicted octanol–water partition coefficient (Wildman–Crippen LogP) is 2.46. The van der Waals surface area contributed by atoms with Crippen molar-refractivity contribution >= 4 is 17.3 Å². The molecule has 1 aliphatic rings. The van der Waals surface area contributed by atoms with Crippen molar-refractivity contribution in [3.63, 3.8) is 0 Å². The second kappa shape index (κ2) is 6.83. The van der Waals surface area contributed by atoms with Crippen LogP contribution in [0.1, 0.15) is 30.1 Å². The van der Waals surface area contributed by atoms with Gasteiger partial charge in [0.25, 0.3) is 5.91 Å². The number of ether oxygens (including phenoxy) is 1. The number of aryl methyl sites for hydroxylation is 1. The van der Waals surface area contributed by atoms with Crippen LogP contribution in [0.3, 0.4) is 0 Å². The van der Waals surface area contributed by atoms with Crippen molar-refractivity contribution in [2.24, 2.45) is 7.05 Å². The van der Waals surface area contributed by atoms with Gasteiger partial charge in [-0.15, -0.1) is 0 Å². The van der Waals surface area contributed by atoms with Crippen LogP contribution in [0.2, 0.25) is 0 Å². The Morgan fingerprint density at radius 2 is 2.26 bits per heavy atom. The molecule has 1 aliphatic heterocycles. The topological polar surface area (TPSA) is 68.2 Å². The molecule has 0 radical (unpaired) electrons. The lowest BCUT2D eigenvalue weighted by Gasteiger charge is -2.28. The number of hydrogen-bond acceptors (Lipinski definition) is 4. The molecule has 23 heavy (non-hydrogen) atoms. The highest BCUT2D eigenvalue weighted by Crippen LogP contribution is 2.18. The van der Waals surface area contributed by atoms with E-state index in [4.69, 9.17) is 4.74 Å². The molecule has 6 nitrogen and oxygen atoms in total. The van der Waals surface area contributed by atoms with E-state index in [-0.39, 0.29) is 18.1 Å². The molecule has 0 aliphatic carbocycles. The Morgan fingerprint density at radius 1 is 1.39 bits per heavy atom. The fraction of sp³-hybridized carbons (Fsp3) is 0.412. The minimum Gasteiger partial charge on any atom is -0.378 e. The molecule has 2 atom stereocenters. The monoisotopic (exact) mass is 314 g/mol. The number of aromatic nitrogens is 2. The van der Waals surface area contributed by atoms with E-state index in [9.17, 15) is 4.79 Å². The molecule has 0 unspecified atom stereocenters. The van der Waals surface area contributed by atoms with Gasteiger partial charge in [-0.3, -0.25) is 9.48 Å². The van der Waals surface area contributed by atoms with E-state index in [0.29, 0.717) is 12.2 Å².